The molecule has 0 fully saturated rings. The van der Waals surface area contributed by atoms with E-state index in [-0.39, 0.29) is 5.97 Å². The molecule has 1 aromatic rings. The van der Waals surface area contributed by atoms with Gasteiger partial charge in [-0.1, -0.05) is 30.3 Å². The molecule has 0 amide bonds. The molecule has 0 aliphatic carbocycles. The van der Waals surface area contributed by atoms with E-state index in [2.05, 4.69) is 4.74 Å². The summed E-state index contributed by atoms with van der Waals surface area (Å²) in [5.41, 5.74) is 6.73. The zero-order chi connectivity index (χ0) is 12.5. The maximum Gasteiger partial charge on any atom is 0.322 e. The standard InChI is InChI=1S/C13H19NO3/c1-16-13(15)12(14)8-5-9-17-10-11-6-3-2-4-7-11/h2-4,6-7,12H,5,8-10,14H2,1H3. The minimum atomic E-state index is -0.541. The second kappa shape index (κ2) is 7.81. The Labute approximate surface area is 102 Å². The van der Waals surface area contributed by atoms with Crippen LogP contribution in [0.4, 0.5) is 0 Å². The number of ether oxygens (including phenoxy) is 2. The lowest BCUT2D eigenvalue weighted by molar-refractivity contribution is -0.142. The SMILES string of the molecule is COC(=O)C(N)CCCOCc1ccccc1. The Kier molecular flexibility index (Phi) is 6.29. The van der Waals surface area contributed by atoms with Crippen molar-refractivity contribution in [2.24, 2.45) is 5.73 Å². The van der Waals surface area contributed by atoms with Crippen LogP contribution in [-0.4, -0.2) is 25.7 Å². The maximum absolute atomic E-state index is 11.0. The van der Waals surface area contributed by atoms with E-state index in [4.69, 9.17) is 10.5 Å². The van der Waals surface area contributed by atoms with Crippen molar-refractivity contribution in [1.82, 2.24) is 0 Å². The minimum absolute atomic E-state index is 0.368. The van der Waals surface area contributed by atoms with Gasteiger partial charge in [0.2, 0.25) is 0 Å². The predicted octanol–water partition coefficient (Wildman–Crippen LogP) is 1.48. The summed E-state index contributed by atoms with van der Waals surface area (Å²) in [4.78, 5) is 11.0. The Morgan fingerprint density at radius 3 is 2.71 bits per heavy atom. The summed E-state index contributed by atoms with van der Waals surface area (Å²) < 4.78 is 10.0. The van der Waals surface area contributed by atoms with Gasteiger partial charge in [-0.05, 0) is 18.4 Å². The zero-order valence-corrected chi connectivity index (χ0v) is 10.1. The van der Waals surface area contributed by atoms with Crippen molar-refractivity contribution in [2.45, 2.75) is 25.5 Å². The molecule has 4 heteroatoms. The third-order valence-corrected chi connectivity index (χ3v) is 2.42. The van der Waals surface area contributed by atoms with Gasteiger partial charge in [-0.3, -0.25) is 4.79 Å². The third-order valence-electron chi connectivity index (χ3n) is 2.42. The van der Waals surface area contributed by atoms with Gasteiger partial charge in [0.1, 0.15) is 6.04 Å². The normalized spacial score (nSPS) is 12.1. The van der Waals surface area contributed by atoms with Crippen LogP contribution >= 0.6 is 0 Å². The lowest BCUT2D eigenvalue weighted by Gasteiger charge is -2.09. The van der Waals surface area contributed by atoms with Crippen LogP contribution in [-0.2, 0) is 20.9 Å². The first-order valence-corrected chi connectivity index (χ1v) is 5.69. The molecule has 0 saturated carbocycles. The molecular weight excluding hydrogens is 218 g/mol. The van der Waals surface area contributed by atoms with Crippen LogP contribution in [0.2, 0.25) is 0 Å². The largest absolute Gasteiger partial charge is 0.468 e. The monoisotopic (exact) mass is 237 g/mol. The summed E-state index contributed by atoms with van der Waals surface area (Å²) in [5.74, 6) is -0.368. The highest BCUT2D eigenvalue weighted by atomic mass is 16.5. The first-order valence-electron chi connectivity index (χ1n) is 5.69. The molecule has 17 heavy (non-hydrogen) atoms. The summed E-state index contributed by atoms with van der Waals surface area (Å²) in [6.45, 7) is 1.19. The molecule has 0 saturated heterocycles. The van der Waals surface area contributed by atoms with Crippen LogP contribution in [0.1, 0.15) is 18.4 Å². The Morgan fingerprint density at radius 1 is 1.35 bits per heavy atom. The van der Waals surface area contributed by atoms with E-state index in [1.54, 1.807) is 0 Å². The van der Waals surface area contributed by atoms with E-state index in [0.717, 1.165) is 12.0 Å². The van der Waals surface area contributed by atoms with Crippen LogP contribution in [0.5, 0.6) is 0 Å². The summed E-state index contributed by atoms with van der Waals surface area (Å²) in [6.07, 6.45) is 1.34. The fraction of sp³-hybridized carbons (Fsp3) is 0.462. The second-order valence-electron chi connectivity index (χ2n) is 3.81. The average Bonchev–Trinajstić information content (AvgIpc) is 2.38. The highest BCUT2D eigenvalue weighted by Crippen LogP contribution is 2.02. The van der Waals surface area contributed by atoms with Crippen molar-refractivity contribution in [2.75, 3.05) is 13.7 Å². The minimum Gasteiger partial charge on any atom is -0.468 e. The molecule has 0 radical (unpaired) electrons. The van der Waals surface area contributed by atoms with Crippen LogP contribution in [0.15, 0.2) is 30.3 Å². The average molecular weight is 237 g/mol. The number of rotatable bonds is 7. The van der Waals surface area contributed by atoms with Crippen molar-refractivity contribution in [3.8, 4) is 0 Å². The molecular formula is C13H19NO3. The van der Waals surface area contributed by atoms with E-state index in [1.165, 1.54) is 7.11 Å². The smallest absolute Gasteiger partial charge is 0.322 e. The van der Waals surface area contributed by atoms with Gasteiger partial charge in [-0.25, -0.2) is 0 Å². The summed E-state index contributed by atoms with van der Waals surface area (Å²) >= 11 is 0. The van der Waals surface area contributed by atoms with Crippen LogP contribution in [0, 0.1) is 0 Å². The molecule has 1 aromatic carbocycles. The number of benzene rings is 1. The highest BCUT2D eigenvalue weighted by Gasteiger charge is 2.12. The Balaban J connectivity index is 2.07. The van der Waals surface area contributed by atoms with Gasteiger partial charge in [-0.15, -0.1) is 0 Å². The van der Waals surface area contributed by atoms with Crippen molar-refractivity contribution in [1.29, 1.82) is 0 Å². The second-order valence-corrected chi connectivity index (χ2v) is 3.81. The van der Waals surface area contributed by atoms with Gasteiger partial charge in [-0.2, -0.15) is 0 Å². The number of esters is 1. The number of hydrogen-bond acceptors (Lipinski definition) is 4. The molecule has 0 bridgehead atoms. The Morgan fingerprint density at radius 2 is 2.06 bits per heavy atom. The molecule has 94 valence electrons. The fourth-order valence-electron chi connectivity index (χ4n) is 1.44. The highest BCUT2D eigenvalue weighted by molar-refractivity contribution is 5.75. The van der Waals surface area contributed by atoms with Gasteiger partial charge in [0.05, 0.1) is 13.7 Å². The van der Waals surface area contributed by atoms with Gasteiger partial charge >= 0.3 is 5.97 Å². The van der Waals surface area contributed by atoms with Gasteiger partial charge in [0.15, 0.2) is 0 Å². The predicted molar refractivity (Wildman–Crippen MR) is 65.3 cm³/mol. The first kappa shape index (κ1) is 13.7. The van der Waals surface area contributed by atoms with Gasteiger partial charge in [0, 0.05) is 6.61 Å². The Hall–Kier alpha value is -1.39. The summed E-state index contributed by atoms with van der Waals surface area (Å²) in [5, 5.41) is 0. The van der Waals surface area contributed by atoms with Crippen molar-refractivity contribution < 1.29 is 14.3 Å². The number of carbonyl (C=O) groups is 1. The molecule has 2 N–H and O–H groups in total. The van der Waals surface area contributed by atoms with E-state index in [1.807, 2.05) is 30.3 Å². The lowest BCUT2D eigenvalue weighted by Crippen LogP contribution is -2.31. The number of nitrogens with two attached hydrogens (primary N) is 1. The molecule has 1 unspecified atom stereocenters. The Bertz CT molecular complexity index is 327. The van der Waals surface area contributed by atoms with Crippen molar-refractivity contribution >= 4 is 5.97 Å². The summed E-state index contributed by atoms with van der Waals surface area (Å²) in [7, 11) is 1.34. The molecule has 4 nitrogen and oxygen atoms in total. The van der Waals surface area contributed by atoms with Crippen molar-refractivity contribution in [3.63, 3.8) is 0 Å². The molecule has 0 heterocycles. The van der Waals surface area contributed by atoms with Gasteiger partial charge < -0.3 is 15.2 Å². The van der Waals surface area contributed by atoms with Crippen LogP contribution in [0.25, 0.3) is 0 Å². The third kappa shape index (κ3) is 5.47. The van der Waals surface area contributed by atoms with Crippen LogP contribution in [0.3, 0.4) is 0 Å². The zero-order valence-electron chi connectivity index (χ0n) is 10.1. The first-order chi connectivity index (χ1) is 8.24. The molecule has 0 aliphatic rings. The van der Waals surface area contributed by atoms with E-state index in [0.29, 0.717) is 19.6 Å². The molecule has 0 aromatic heterocycles. The molecule has 0 aliphatic heterocycles. The van der Waals surface area contributed by atoms with Gasteiger partial charge in [0.25, 0.3) is 0 Å². The van der Waals surface area contributed by atoms with Crippen molar-refractivity contribution in [3.05, 3.63) is 35.9 Å². The topological polar surface area (TPSA) is 61.5 Å². The molecule has 1 rings (SSSR count). The van der Waals surface area contributed by atoms with E-state index in [9.17, 15) is 4.79 Å². The number of carbonyl (C=O) groups excluding carboxylic acids is 1. The maximum atomic E-state index is 11.0. The number of methoxy groups -OCH3 is 1. The quantitative estimate of drug-likeness (QED) is 0.576. The van der Waals surface area contributed by atoms with Crippen LogP contribution < -0.4 is 5.73 Å². The van der Waals surface area contributed by atoms with E-state index < -0.39 is 6.04 Å². The number of hydrogen-bond donors (Lipinski definition) is 1. The summed E-state index contributed by atoms with van der Waals surface area (Å²) in [6, 6.07) is 9.41. The fourth-order valence-corrected chi connectivity index (χ4v) is 1.44. The lowest BCUT2D eigenvalue weighted by atomic mass is 10.2. The van der Waals surface area contributed by atoms with E-state index >= 15 is 0 Å². The molecule has 0 spiro atoms. The molecule has 1 atom stereocenters.